The second kappa shape index (κ2) is 9.94. The van der Waals surface area contributed by atoms with Gasteiger partial charge in [0.25, 0.3) is 0 Å². The van der Waals surface area contributed by atoms with Crippen molar-refractivity contribution < 1.29 is 0 Å². The van der Waals surface area contributed by atoms with Gasteiger partial charge in [-0.25, -0.2) is 20.7 Å². The van der Waals surface area contributed by atoms with Crippen LogP contribution in [0.25, 0.3) is 10.8 Å². The number of hydrogen-bond donors (Lipinski definition) is 0. The van der Waals surface area contributed by atoms with Crippen molar-refractivity contribution in [2.24, 2.45) is 10.2 Å². The minimum atomic E-state index is 0.669. The number of amidine groups is 2. The molecule has 0 unspecified atom stereocenters. The molecule has 8 rings (SSSR count). The van der Waals surface area contributed by atoms with Gasteiger partial charge < -0.3 is 0 Å². The third kappa shape index (κ3) is 4.05. The Hall–Kier alpha value is -5.88. The highest BCUT2D eigenvalue weighted by Crippen LogP contribution is 2.48. The zero-order valence-electron chi connectivity index (χ0n) is 22.5. The van der Waals surface area contributed by atoms with Crippen LogP contribution in [0.15, 0.2) is 156 Å². The first-order valence-electron chi connectivity index (χ1n) is 13.9. The number of hydrazone groups is 2. The van der Waals surface area contributed by atoms with Crippen LogP contribution in [0, 0.1) is 0 Å². The molecule has 0 amide bonds. The zero-order valence-corrected chi connectivity index (χ0v) is 22.5. The van der Waals surface area contributed by atoms with E-state index in [1.54, 1.807) is 0 Å². The summed E-state index contributed by atoms with van der Waals surface area (Å²) in [4.78, 5) is 0. The molecule has 2 aliphatic heterocycles. The largest absolute Gasteiger partial charge is 0.229 e. The predicted octanol–water partition coefficient (Wildman–Crippen LogP) is 8.34. The Morgan fingerprint density at radius 2 is 0.714 bits per heavy atom. The van der Waals surface area contributed by atoms with Gasteiger partial charge in [-0.1, -0.05) is 97.1 Å². The predicted molar refractivity (Wildman–Crippen MR) is 171 cm³/mol. The summed E-state index contributed by atoms with van der Waals surface area (Å²) in [5.41, 5.74) is 7.40. The summed E-state index contributed by atoms with van der Waals surface area (Å²) in [6, 6.07) is 49.0. The lowest BCUT2D eigenvalue weighted by Crippen LogP contribution is -2.27. The van der Waals surface area contributed by atoms with E-state index in [1.165, 1.54) is 0 Å². The van der Waals surface area contributed by atoms with Gasteiger partial charge >= 0.3 is 0 Å². The molecule has 0 fully saturated rings. The van der Waals surface area contributed by atoms with Crippen molar-refractivity contribution in [2.45, 2.75) is 0 Å². The van der Waals surface area contributed by atoms with Gasteiger partial charge in [-0.2, -0.15) is 0 Å². The summed E-state index contributed by atoms with van der Waals surface area (Å²) in [5.74, 6) is 1.34. The van der Waals surface area contributed by atoms with Crippen molar-refractivity contribution in [3.8, 4) is 0 Å². The summed E-state index contributed by atoms with van der Waals surface area (Å²) in [6.07, 6.45) is 0. The summed E-state index contributed by atoms with van der Waals surface area (Å²) >= 11 is 0. The van der Waals surface area contributed by atoms with E-state index in [4.69, 9.17) is 20.8 Å². The minimum Gasteiger partial charge on any atom is -0.229 e. The van der Waals surface area contributed by atoms with Gasteiger partial charge in [0.2, 0.25) is 0 Å². The van der Waals surface area contributed by atoms with Crippen LogP contribution in [0.5, 0.6) is 0 Å². The van der Waals surface area contributed by atoms with Gasteiger partial charge in [-0.15, -0.1) is 10.2 Å². The molecule has 0 aromatic heterocycles. The molecule has 2 aliphatic rings. The molecular formula is C36H24N6. The second-order valence-corrected chi connectivity index (χ2v) is 10.1. The average Bonchev–Trinajstić information content (AvgIpc) is 3.08. The fourth-order valence-electron chi connectivity index (χ4n) is 5.47. The molecule has 6 aromatic rings. The zero-order chi connectivity index (χ0) is 27.9. The van der Waals surface area contributed by atoms with Gasteiger partial charge in [0, 0.05) is 21.9 Å². The second-order valence-electron chi connectivity index (χ2n) is 10.1. The van der Waals surface area contributed by atoms with Crippen molar-refractivity contribution in [1.82, 2.24) is 10.6 Å². The molecule has 42 heavy (non-hydrogen) atoms. The number of benzene rings is 6. The molecule has 6 heteroatoms. The molecule has 2 heterocycles. The normalized spacial score (nSPS) is 13.8. The molecule has 0 bridgehead atoms. The molecule has 0 N–H and O–H groups in total. The fraction of sp³-hybridized carbons (Fsp3) is 0. The van der Waals surface area contributed by atoms with Crippen molar-refractivity contribution in [2.75, 3.05) is 10.0 Å². The Balaban J connectivity index is 1.34. The number of anilines is 4. The van der Waals surface area contributed by atoms with Crippen LogP contribution in [0.4, 0.5) is 34.1 Å². The molecule has 198 valence electrons. The molecule has 0 saturated heterocycles. The summed E-state index contributed by atoms with van der Waals surface area (Å²) in [5, 5.41) is 26.2. The standard InChI is InChI=1S/C36H24N6/c1-5-13-25(14-6-1)35-37-31-23-21-30-29(33(31)41(39-35)27-17-9-3-10-18-27)22-24-32-34(30)42(28-19-11-4-12-20-28)40-36(38-32)26-15-7-2-8-16-26/h1-24H. The first-order valence-corrected chi connectivity index (χ1v) is 13.9. The fourth-order valence-corrected chi connectivity index (χ4v) is 5.47. The molecule has 6 aromatic carbocycles. The van der Waals surface area contributed by atoms with Gasteiger partial charge in [-0.3, -0.25) is 0 Å². The van der Waals surface area contributed by atoms with Crippen LogP contribution in [-0.2, 0) is 0 Å². The number of fused-ring (bicyclic) bond motifs is 5. The van der Waals surface area contributed by atoms with Crippen LogP contribution in [0.1, 0.15) is 11.1 Å². The van der Waals surface area contributed by atoms with Crippen molar-refractivity contribution in [1.29, 1.82) is 0 Å². The maximum Gasteiger partial charge on any atom is 0.180 e. The maximum atomic E-state index is 5.07. The van der Waals surface area contributed by atoms with Crippen molar-refractivity contribution >= 4 is 56.6 Å². The lowest BCUT2D eigenvalue weighted by Gasteiger charge is -2.32. The maximum absolute atomic E-state index is 5.07. The summed E-state index contributed by atoms with van der Waals surface area (Å²) in [7, 11) is 0. The van der Waals surface area contributed by atoms with E-state index in [0.29, 0.717) is 11.7 Å². The van der Waals surface area contributed by atoms with E-state index in [1.807, 2.05) is 107 Å². The van der Waals surface area contributed by atoms with E-state index in [9.17, 15) is 0 Å². The molecule has 6 nitrogen and oxygen atoms in total. The Morgan fingerprint density at radius 1 is 0.357 bits per heavy atom. The minimum absolute atomic E-state index is 0.669. The van der Waals surface area contributed by atoms with Crippen LogP contribution < -0.4 is 20.7 Å². The van der Waals surface area contributed by atoms with Gasteiger partial charge in [0.1, 0.15) is 0 Å². The molecule has 0 atom stereocenters. The van der Waals surface area contributed by atoms with Crippen molar-refractivity contribution in [3.63, 3.8) is 0 Å². The molecule has 0 spiro atoms. The highest BCUT2D eigenvalue weighted by molar-refractivity contribution is 6.16. The van der Waals surface area contributed by atoms with E-state index >= 15 is 0 Å². The first kappa shape index (κ1) is 24.0. The van der Waals surface area contributed by atoms with E-state index in [2.05, 4.69) is 48.5 Å². The molecular weight excluding hydrogens is 516 g/mol. The third-order valence-corrected chi connectivity index (χ3v) is 7.43. The quantitative estimate of drug-likeness (QED) is 0.226. The van der Waals surface area contributed by atoms with Crippen molar-refractivity contribution in [3.05, 3.63) is 157 Å². The van der Waals surface area contributed by atoms with Crippen LogP contribution in [0.3, 0.4) is 0 Å². The Labute approximate surface area is 243 Å². The van der Waals surface area contributed by atoms with Gasteiger partial charge in [0.05, 0.1) is 34.1 Å². The topological polar surface area (TPSA) is 59.4 Å². The SMILES string of the molecule is c1ccc(C2=NN(c3ccccc3)c3c(ccc4c5c(ccc34)[N]C(c3ccccc3)=NN5c3ccccc3)[N]2)cc1. The lowest BCUT2D eigenvalue weighted by atomic mass is 10.0. The summed E-state index contributed by atoms with van der Waals surface area (Å²) < 4.78 is 0. The monoisotopic (exact) mass is 540 g/mol. The number of nitrogens with zero attached hydrogens (tertiary/aromatic N) is 6. The van der Waals surface area contributed by atoms with Crippen LogP contribution in [-0.4, -0.2) is 11.7 Å². The average molecular weight is 541 g/mol. The molecule has 2 radical (unpaired) electrons. The van der Waals surface area contributed by atoms with E-state index in [0.717, 1.165) is 56.0 Å². The third-order valence-electron chi connectivity index (χ3n) is 7.43. The number of rotatable bonds is 4. The van der Waals surface area contributed by atoms with Crippen LogP contribution in [0.2, 0.25) is 0 Å². The number of hydrogen-bond acceptors (Lipinski definition) is 4. The smallest absolute Gasteiger partial charge is 0.180 e. The highest BCUT2D eigenvalue weighted by atomic mass is 15.5. The van der Waals surface area contributed by atoms with E-state index < -0.39 is 0 Å². The summed E-state index contributed by atoms with van der Waals surface area (Å²) in [6.45, 7) is 0. The van der Waals surface area contributed by atoms with Gasteiger partial charge in [-0.05, 0) is 48.5 Å². The van der Waals surface area contributed by atoms with Crippen LogP contribution >= 0.6 is 0 Å². The molecule has 0 aliphatic carbocycles. The van der Waals surface area contributed by atoms with E-state index in [-0.39, 0.29) is 0 Å². The Morgan fingerprint density at radius 3 is 1.10 bits per heavy atom. The lowest BCUT2D eigenvalue weighted by molar-refractivity contribution is 1.01. The first-order chi connectivity index (χ1) is 20.8. The Bertz CT molecular complexity index is 1820. The van der Waals surface area contributed by atoms with Gasteiger partial charge in [0.15, 0.2) is 11.7 Å². The Kier molecular flexibility index (Phi) is 5.67. The highest BCUT2D eigenvalue weighted by Gasteiger charge is 2.30. The molecule has 0 saturated carbocycles. The number of para-hydroxylation sites is 2.